The summed E-state index contributed by atoms with van der Waals surface area (Å²) in [6, 6.07) is 10.4. The fraction of sp³-hybridized carbons (Fsp3) is 0.263. The van der Waals surface area contributed by atoms with Gasteiger partial charge in [0.2, 0.25) is 11.9 Å². The molecule has 8 nitrogen and oxygen atoms in total. The van der Waals surface area contributed by atoms with Gasteiger partial charge in [0.05, 0.1) is 4.90 Å². The minimum absolute atomic E-state index is 0.00187. The first-order valence-electron chi connectivity index (χ1n) is 8.97. The van der Waals surface area contributed by atoms with Gasteiger partial charge in [-0.2, -0.15) is 15.0 Å². The van der Waals surface area contributed by atoms with E-state index in [0.717, 1.165) is 6.26 Å². The van der Waals surface area contributed by atoms with Gasteiger partial charge in [-0.1, -0.05) is 12.1 Å². The lowest BCUT2D eigenvalue weighted by Crippen LogP contribution is -2.14. The summed E-state index contributed by atoms with van der Waals surface area (Å²) in [6.45, 7) is 3.78. The van der Waals surface area contributed by atoms with E-state index < -0.39 is 16.3 Å². The van der Waals surface area contributed by atoms with Crippen LogP contribution in [0.1, 0.15) is 26.0 Å². The van der Waals surface area contributed by atoms with E-state index in [1.165, 1.54) is 30.3 Å². The Morgan fingerprint density at radius 3 is 2.30 bits per heavy atom. The Bertz CT molecular complexity index is 1160. The van der Waals surface area contributed by atoms with Crippen LogP contribution in [0.2, 0.25) is 0 Å². The Balaban J connectivity index is 2.03. The number of anilines is 3. The van der Waals surface area contributed by atoms with E-state index in [1.807, 2.05) is 13.8 Å². The summed E-state index contributed by atoms with van der Waals surface area (Å²) in [6.07, 6.45) is -1.61. The van der Waals surface area contributed by atoms with Crippen molar-refractivity contribution in [2.45, 2.75) is 31.2 Å². The number of hydrogen-bond acceptors (Lipinski definition) is 8. The lowest BCUT2D eigenvalue weighted by atomic mass is 10.3. The fourth-order valence-corrected chi connectivity index (χ4v) is 3.17. The Morgan fingerprint density at radius 2 is 1.63 bits per heavy atom. The van der Waals surface area contributed by atoms with Crippen LogP contribution < -0.4 is 10.6 Å². The number of halogens is 2. The fourth-order valence-electron chi connectivity index (χ4n) is 2.50. The Kier molecular flexibility index (Phi) is 6.20. The number of nitrogens with zero attached hydrogens (tertiary/aromatic N) is 4. The van der Waals surface area contributed by atoms with E-state index in [4.69, 9.17) is 0 Å². The molecule has 0 saturated carbocycles. The van der Waals surface area contributed by atoms with Gasteiger partial charge in [0, 0.05) is 18.0 Å². The van der Waals surface area contributed by atoms with Gasteiger partial charge < -0.3 is 10.6 Å². The van der Waals surface area contributed by atoms with Crippen molar-refractivity contribution in [3.8, 4) is 11.5 Å². The van der Waals surface area contributed by atoms with Gasteiger partial charge in [-0.15, -0.1) is 0 Å². The summed E-state index contributed by atoms with van der Waals surface area (Å²) < 4.78 is 49.6. The molecule has 1 aromatic carbocycles. The molecule has 158 valence electrons. The first-order valence-corrected chi connectivity index (χ1v) is 10.9. The minimum atomic E-state index is -3.39. The van der Waals surface area contributed by atoms with E-state index in [9.17, 15) is 17.2 Å². The van der Waals surface area contributed by atoms with Crippen LogP contribution in [-0.2, 0) is 9.84 Å². The highest BCUT2D eigenvalue weighted by molar-refractivity contribution is 7.90. The summed E-state index contributed by atoms with van der Waals surface area (Å²) in [5.41, 5.74) is 0.219. The van der Waals surface area contributed by atoms with Crippen LogP contribution in [-0.4, -0.2) is 40.7 Å². The number of hydrogen-bond donors (Lipinski definition) is 2. The molecule has 2 N–H and O–H groups in total. The summed E-state index contributed by atoms with van der Waals surface area (Å²) >= 11 is 0. The van der Waals surface area contributed by atoms with Gasteiger partial charge in [-0.3, -0.25) is 0 Å². The number of rotatable bonds is 7. The van der Waals surface area contributed by atoms with E-state index in [-0.39, 0.29) is 40.0 Å². The molecule has 3 aromatic rings. The van der Waals surface area contributed by atoms with Crippen molar-refractivity contribution >= 4 is 27.4 Å². The summed E-state index contributed by atoms with van der Waals surface area (Å²) in [7, 11) is -3.39. The summed E-state index contributed by atoms with van der Waals surface area (Å²) in [5, 5.41) is 5.98. The molecule has 0 unspecified atom stereocenters. The molecule has 0 aliphatic rings. The van der Waals surface area contributed by atoms with Crippen LogP contribution in [0.5, 0.6) is 0 Å². The van der Waals surface area contributed by atoms with Crippen molar-refractivity contribution in [3.05, 3.63) is 48.2 Å². The van der Waals surface area contributed by atoms with Gasteiger partial charge in [0.25, 0.3) is 6.43 Å². The summed E-state index contributed by atoms with van der Waals surface area (Å²) in [5.74, 6) is 0.427. The van der Waals surface area contributed by atoms with Crippen LogP contribution in [0.15, 0.2) is 47.4 Å². The first kappa shape index (κ1) is 21.5. The highest BCUT2D eigenvalue weighted by atomic mass is 32.2. The lowest BCUT2D eigenvalue weighted by Gasteiger charge is -2.12. The molecule has 0 radical (unpaired) electrons. The summed E-state index contributed by atoms with van der Waals surface area (Å²) in [4.78, 5) is 16.9. The number of aromatic nitrogens is 4. The molecule has 0 amide bonds. The van der Waals surface area contributed by atoms with Crippen molar-refractivity contribution in [1.29, 1.82) is 0 Å². The number of sulfone groups is 1. The van der Waals surface area contributed by atoms with Crippen LogP contribution in [0.25, 0.3) is 11.5 Å². The SMILES string of the molecule is CC(C)Nc1nc(Nc2cccc(S(C)(=O)=O)c2)nc(-c2cccc(C(F)F)n2)n1. The molecule has 11 heteroatoms. The minimum Gasteiger partial charge on any atom is -0.352 e. The van der Waals surface area contributed by atoms with Crippen molar-refractivity contribution < 1.29 is 17.2 Å². The van der Waals surface area contributed by atoms with Gasteiger partial charge in [-0.25, -0.2) is 22.2 Å². The van der Waals surface area contributed by atoms with E-state index in [0.29, 0.717) is 5.69 Å². The van der Waals surface area contributed by atoms with Crippen molar-refractivity contribution in [2.24, 2.45) is 0 Å². The highest BCUT2D eigenvalue weighted by Gasteiger charge is 2.15. The van der Waals surface area contributed by atoms with Gasteiger partial charge in [0.15, 0.2) is 15.7 Å². The average molecular weight is 434 g/mol. The van der Waals surface area contributed by atoms with Crippen LogP contribution in [0.3, 0.4) is 0 Å². The third-order valence-electron chi connectivity index (χ3n) is 3.79. The monoisotopic (exact) mass is 434 g/mol. The second-order valence-corrected chi connectivity index (χ2v) is 8.79. The molecule has 0 spiro atoms. The molecule has 0 atom stereocenters. The van der Waals surface area contributed by atoms with Crippen molar-refractivity contribution in [1.82, 2.24) is 19.9 Å². The molecule has 30 heavy (non-hydrogen) atoms. The highest BCUT2D eigenvalue weighted by Crippen LogP contribution is 2.23. The van der Waals surface area contributed by atoms with E-state index in [1.54, 1.807) is 12.1 Å². The smallest absolute Gasteiger partial charge is 0.280 e. The molecule has 3 rings (SSSR count). The third kappa shape index (κ3) is 5.44. The van der Waals surface area contributed by atoms with Crippen molar-refractivity contribution in [3.63, 3.8) is 0 Å². The maximum atomic E-state index is 13.0. The Morgan fingerprint density at radius 1 is 0.933 bits per heavy atom. The average Bonchev–Trinajstić information content (AvgIpc) is 2.67. The number of pyridine rings is 1. The Hall–Kier alpha value is -3.21. The number of benzene rings is 1. The molecule has 0 saturated heterocycles. The predicted octanol–water partition coefficient (Wildman–Crippen LogP) is 3.84. The topological polar surface area (TPSA) is 110 Å². The second-order valence-electron chi connectivity index (χ2n) is 6.78. The Labute approximate surface area is 172 Å². The maximum absolute atomic E-state index is 13.0. The second kappa shape index (κ2) is 8.66. The molecule has 0 aliphatic carbocycles. The quantitative estimate of drug-likeness (QED) is 0.577. The molecule has 0 fully saturated rings. The molecule has 0 aliphatic heterocycles. The molecule has 0 bridgehead atoms. The van der Waals surface area contributed by atoms with E-state index in [2.05, 4.69) is 30.6 Å². The third-order valence-corrected chi connectivity index (χ3v) is 4.91. The molecular formula is C19H20F2N6O2S. The molecule has 2 aromatic heterocycles. The zero-order valence-electron chi connectivity index (χ0n) is 16.5. The lowest BCUT2D eigenvalue weighted by molar-refractivity contribution is 0.146. The van der Waals surface area contributed by atoms with Crippen LogP contribution in [0, 0.1) is 0 Å². The van der Waals surface area contributed by atoms with Crippen LogP contribution >= 0.6 is 0 Å². The number of alkyl halides is 2. The van der Waals surface area contributed by atoms with Crippen molar-refractivity contribution in [2.75, 3.05) is 16.9 Å². The zero-order chi connectivity index (χ0) is 21.9. The zero-order valence-corrected chi connectivity index (χ0v) is 17.3. The largest absolute Gasteiger partial charge is 0.352 e. The molecule has 2 heterocycles. The van der Waals surface area contributed by atoms with Gasteiger partial charge in [-0.05, 0) is 44.2 Å². The van der Waals surface area contributed by atoms with E-state index >= 15 is 0 Å². The normalized spacial score (nSPS) is 11.7. The number of nitrogens with one attached hydrogen (secondary N) is 2. The van der Waals surface area contributed by atoms with Crippen LogP contribution in [0.4, 0.5) is 26.4 Å². The maximum Gasteiger partial charge on any atom is 0.280 e. The van der Waals surface area contributed by atoms with Gasteiger partial charge in [0.1, 0.15) is 11.4 Å². The molecular weight excluding hydrogens is 414 g/mol. The predicted molar refractivity (Wildman–Crippen MR) is 110 cm³/mol. The van der Waals surface area contributed by atoms with Gasteiger partial charge >= 0.3 is 0 Å². The standard InChI is InChI=1S/C19H20F2N6O2S/c1-11(2)22-18-25-17(15-9-5-8-14(24-15)16(20)21)26-19(27-18)23-12-6-4-7-13(10-12)30(3,28)29/h4-11,16H,1-3H3,(H2,22,23,25,26,27). The first-order chi connectivity index (χ1) is 14.1.